The monoisotopic (exact) mass is 342 g/mol. The molecule has 2 aliphatic rings. The molecular formula is C17H16F2N6. The predicted octanol–water partition coefficient (Wildman–Crippen LogP) is 1.87. The van der Waals surface area contributed by atoms with E-state index in [1.54, 1.807) is 18.6 Å². The van der Waals surface area contributed by atoms with Gasteiger partial charge in [-0.05, 0) is 24.1 Å². The first-order valence-electron chi connectivity index (χ1n) is 8.28. The quantitative estimate of drug-likeness (QED) is 0.727. The lowest BCUT2D eigenvalue weighted by molar-refractivity contribution is 0.229. The van der Waals surface area contributed by atoms with E-state index in [9.17, 15) is 8.78 Å². The molecule has 0 N–H and O–H groups in total. The number of piperazine rings is 1. The smallest absolute Gasteiger partial charge is 0.203 e. The zero-order chi connectivity index (χ0) is 17.0. The second-order valence-electron chi connectivity index (χ2n) is 6.69. The highest BCUT2D eigenvalue weighted by atomic mass is 19.2. The van der Waals surface area contributed by atoms with Crippen molar-refractivity contribution in [2.45, 2.75) is 25.0 Å². The fraction of sp³-hybridized carbons (Fsp3) is 0.353. The second-order valence-corrected chi connectivity index (χ2v) is 6.69. The fourth-order valence-electron chi connectivity index (χ4n) is 4.02. The highest BCUT2D eigenvalue weighted by Gasteiger charge is 2.44. The third-order valence-electron chi connectivity index (χ3n) is 5.19. The molecule has 2 unspecified atom stereocenters. The van der Waals surface area contributed by atoms with Crippen molar-refractivity contribution in [3.63, 3.8) is 0 Å². The Kier molecular flexibility index (Phi) is 3.21. The number of benzene rings is 1. The third kappa shape index (κ3) is 2.36. The summed E-state index contributed by atoms with van der Waals surface area (Å²) < 4.78 is 28.4. The Hall–Kier alpha value is -2.61. The molecule has 0 radical (unpaired) electrons. The third-order valence-corrected chi connectivity index (χ3v) is 5.19. The van der Waals surface area contributed by atoms with Crippen LogP contribution in [0.3, 0.4) is 0 Å². The van der Waals surface area contributed by atoms with Gasteiger partial charge in [0.05, 0.1) is 0 Å². The van der Waals surface area contributed by atoms with Crippen molar-refractivity contribution in [1.82, 2.24) is 24.5 Å². The van der Waals surface area contributed by atoms with Gasteiger partial charge < -0.3 is 4.90 Å². The minimum Gasteiger partial charge on any atom is -0.348 e. The molecule has 2 atom stereocenters. The van der Waals surface area contributed by atoms with Crippen molar-refractivity contribution in [3.05, 3.63) is 54.1 Å². The van der Waals surface area contributed by atoms with Crippen molar-refractivity contribution in [1.29, 1.82) is 0 Å². The van der Waals surface area contributed by atoms with E-state index < -0.39 is 11.6 Å². The molecule has 2 aromatic heterocycles. The Labute approximate surface area is 142 Å². The van der Waals surface area contributed by atoms with Gasteiger partial charge in [0.25, 0.3) is 0 Å². The van der Waals surface area contributed by atoms with Gasteiger partial charge in [-0.2, -0.15) is 0 Å². The van der Waals surface area contributed by atoms with Gasteiger partial charge in [-0.1, -0.05) is 6.07 Å². The van der Waals surface area contributed by atoms with Crippen LogP contribution in [0.2, 0.25) is 0 Å². The van der Waals surface area contributed by atoms with Crippen molar-refractivity contribution in [2.24, 2.45) is 0 Å². The van der Waals surface area contributed by atoms with Gasteiger partial charge in [0.2, 0.25) is 5.65 Å². The van der Waals surface area contributed by atoms with E-state index in [1.165, 1.54) is 12.1 Å². The van der Waals surface area contributed by atoms with Crippen LogP contribution in [0.25, 0.3) is 5.65 Å². The van der Waals surface area contributed by atoms with Crippen LogP contribution in [0.4, 0.5) is 14.6 Å². The summed E-state index contributed by atoms with van der Waals surface area (Å²) in [5, 5.41) is 8.12. The normalized spacial score (nSPS) is 23.0. The first-order valence-corrected chi connectivity index (χ1v) is 8.28. The average Bonchev–Trinajstić information content (AvgIpc) is 3.32. The number of fused-ring (bicyclic) bond motifs is 3. The molecule has 2 fully saturated rings. The minimum absolute atomic E-state index is 0.352. The molecular weight excluding hydrogens is 326 g/mol. The highest BCUT2D eigenvalue weighted by molar-refractivity contribution is 5.64. The van der Waals surface area contributed by atoms with E-state index in [0.717, 1.165) is 36.5 Å². The zero-order valence-corrected chi connectivity index (χ0v) is 13.4. The topological polar surface area (TPSA) is 49.6 Å². The van der Waals surface area contributed by atoms with Gasteiger partial charge in [0, 0.05) is 44.1 Å². The summed E-state index contributed by atoms with van der Waals surface area (Å²) in [6.07, 6.45) is 6.31. The summed E-state index contributed by atoms with van der Waals surface area (Å²) in [4.78, 5) is 9.12. The maximum absolute atomic E-state index is 13.4. The fourth-order valence-corrected chi connectivity index (χ4v) is 4.02. The van der Waals surface area contributed by atoms with Gasteiger partial charge in [-0.15, -0.1) is 10.2 Å². The van der Waals surface area contributed by atoms with Gasteiger partial charge in [-0.25, -0.2) is 13.8 Å². The average molecular weight is 342 g/mol. The lowest BCUT2D eigenvalue weighted by Gasteiger charge is -2.34. The van der Waals surface area contributed by atoms with E-state index in [-0.39, 0.29) is 0 Å². The van der Waals surface area contributed by atoms with E-state index in [4.69, 9.17) is 0 Å². The van der Waals surface area contributed by atoms with E-state index >= 15 is 0 Å². The molecule has 2 aliphatic heterocycles. The Balaban J connectivity index is 1.35. The molecule has 0 amide bonds. The molecule has 1 aromatic carbocycles. The van der Waals surface area contributed by atoms with Crippen LogP contribution in [0.15, 0.2) is 36.9 Å². The minimum atomic E-state index is -0.801. The van der Waals surface area contributed by atoms with Crippen LogP contribution in [0.1, 0.15) is 12.0 Å². The van der Waals surface area contributed by atoms with Crippen molar-refractivity contribution < 1.29 is 8.78 Å². The number of hydrogen-bond acceptors (Lipinski definition) is 5. The molecule has 2 saturated heterocycles. The molecule has 5 rings (SSSR count). The Morgan fingerprint density at radius 1 is 1.12 bits per heavy atom. The Morgan fingerprint density at radius 3 is 2.84 bits per heavy atom. The zero-order valence-electron chi connectivity index (χ0n) is 13.4. The van der Waals surface area contributed by atoms with Gasteiger partial charge in [-0.3, -0.25) is 9.30 Å². The Bertz CT molecular complexity index is 942. The molecule has 0 spiro atoms. The first kappa shape index (κ1) is 14.7. The summed E-state index contributed by atoms with van der Waals surface area (Å²) >= 11 is 0. The maximum Gasteiger partial charge on any atom is 0.203 e. The van der Waals surface area contributed by atoms with Gasteiger partial charge in [0.1, 0.15) is 6.33 Å². The number of rotatable bonds is 3. The number of halogens is 2. The molecule has 25 heavy (non-hydrogen) atoms. The number of nitrogens with zero attached hydrogens (tertiary/aromatic N) is 6. The molecule has 128 valence electrons. The summed E-state index contributed by atoms with van der Waals surface area (Å²) in [7, 11) is 0. The van der Waals surface area contributed by atoms with E-state index in [1.807, 2.05) is 10.6 Å². The van der Waals surface area contributed by atoms with Crippen LogP contribution >= 0.6 is 0 Å². The Morgan fingerprint density at radius 2 is 2.04 bits per heavy atom. The molecule has 8 heteroatoms. The molecule has 4 heterocycles. The molecule has 2 bridgehead atoms. The molecule has 0 aliphatic carbocycles. The SMILES string of the molecule is Fc1ccc(CN2CC3CC2CN3c2nccn3cnnc23)cc1F. The number of likely N-dealkylation sites (tertiary alicyclic amines) is 1. The van der Waals surface area contributed by atoms with Gasteiger partial charge >= 0.3 is 0 Å². The first-order chi connectivity index (χ1) is 12.2. The predicted molar refractivity (Wildman–Crippen MR) is 87.1 cm³/mol. The van der Waals surface area contributed by atoms with Crippen molar-refractivity contribution in [3.8, 4) is 0 Å². The van der Waals surface area contributed by atoms with Crippen LogP contribution in [-0.2, 0) is 6.54 Å². The van der Waals surface area contributed by atoms with E-state index in [0.29, 0.717) is 18.6 Å². The second kappa shape index (κ2) is 5.45. The summed E-state index contributed by atoms with van der Waals surface area (Å²) in [6, 6.07) is 4.87. The van der Waals surface area contributed by atoms with Crippen molar-refractivity contribution in [2.75, 3.05) is 18.0 Å². The van der Waals surface area contributed by atoms with Crippen molar-refractivity contribution >= 4 is 11.5 Å². The van der Waals surface area contributed by atoms with Crippen LogP contribution in [0.5, 0.6) is 0 Å². The van der Waals surface area contributed by atoms with Crippen LogP contribution in [0, 0.1) is 11.6 Å². The number of aromatic nitrogens is 4. The standard InChI is InChI=1S/C17H16F2N6/c18-14-2-1-11(5-15(14)19)7-24-8-13-6-12(24)9-25(13)16-17-22-21-10-23(17)4-3-20-16/h1-5,10,12-13H,6-9H2. The lowest BCUT2D eigenvalue weighted by Crippen LogP contribution is -2.46. The van der Waals surface area contributed by atoms with E-state index in [2.05, 4.69) is 25.0 Å². The van der Waals surface area contributed by atoms with Gasteiger partial charge in [0.15, 0.2) is 17.5 Å². The molecule has 3 aromatic rings. The number of hydrogen-bond donors (Lipinski definition) is 0. The lowest BCUT2D eigenvalue weighted by atomic mass is 10.2. The summed E-state index contributed by atoms with van der Waals surface area (Å²) in [6.45, 7) is 2.36. The largest absolute Gasteiger partial charge is 0.348 e. The van der Waals surface area contributed by atoms with Crippen LogP contribution < -0.4 is 4.90 Å². The highest BCUT2D eigenvalue weighted by Crippen LogP contribution is 2.35. The number of anilines is 1. The maximum atomic E-state index is 13.4. The summed E-state index contributed by atoms with van der Waals surface area (Å²) in [5.41, 5.74) is 1.57. The molecule has 6 nitrogen and oxygen atoms in total. The van der Waals surface area contributed by atoms with Crippen LogP contribution in [-0.4, -0.2) is 49.7 Å². The molecule has 0 saturated carbocycles. The summed E-state index contributed by atoms with van der Waals surface area (Å²) in [5.74, 6) is -0.725.